The highest BCUT2D eigenvalue weighted by molar-refractivity contribution is 5.78. The zero-order valence-corrected chi connectivity index (χ0v) is 12.7. The summed E-state index contributed by atoms with van der Waals surface area (Å²) in [6, 6.07) is 8.72. The van der Waals surface area contributed by atoms with Crippen LogP contribution in [-0.2, 0) is 5.41 Å². The molecule has 1 aliphatic carbocycles. The summed E-state index contributed by atoms with van der Waals surface area (Å²) in [6.07, 6.45) is 6.51. The van der Waals surface area contributed by atoms with Crippen molar-refractivity contribution in [2.45, 2.75) is 38.0 Å². The number of benzene rings is 1. The highest BCUT2D eigenvalue weighted by Gasteiger charge is 2.39. The van der Waals surface area contributed by atoms with Crippen molar-refractivity contribution in [3.8, 4) is 0 Å². The molecule has 0 bridgehead atoms. The van der Waals surface area contributed by atoms with E-state index in [-0.39, 0.29) is 5.41 Å². The first kappa shape index (κ1) is 14.6. The standard InChI is InChI=1S/C17H25N3/c1-13(12-19-2)16(18)11-17(8-5-9-17)14-6-4-7-15(10-14)20-3/h4,6-7,10,12,20H,5,8-9,11,18H2,1-3H3/b16-13-,19-12?. The number of allylic oxidation sites excluding steroid dienone is 2. The van der Waals surface area contributed by atoms with Crippen LogP contribution in [0.15, 0.2) is 40.5 Å². The average Bonchev–Trinajstić information content (AvgIpc) is 2.43. The SMILES string of the molecule is CN=C/C(C)=C(\N)CC1(c2cccc(NC)c2)CCC1. The van der Waals surface area contributed by atoms with Gasteiger partial charge in [0.25, 0.3) is 0 Å². The van der Waals surface area contributed by atoms with Gasteiger partial charge >= 0.3 is 0 Å². The molecule has 0 heterocycles. The second-order valence-electron chi connectivity index (χ2n) is 5.74. The maximum atomic E-state index is 6.28. The zero-order chi connectivity index (χ0) is 14.6. The summed E-state index contributed by atoms with van der Waals surface area (Å²) >= 11 is 0. The smallest absolute Gasteiger partial charge is 0.0340 e. The van der Waals surface area contributed by atoms with Gasteiger partial charge in [-0.2, -0.15) is 0 Å². The molecule has 0 aromatic heterocycles. The largest absolute Gasteiger partial charge is 0.402 e. The molecule has 3 N–H and O–H groups in total. The first-order chi connectivity index (χ1) is 9.61. The first-order valence-electron chi connectivity index (χ1n) is 7.27. The fourth-order valence-corrected chi connectivity index (χ4v) is 2.96. The van der Waals surface area contributed by atoms with E-state index in [2.05, 4.69) is 34.6 Å². The van der Waals surface area contributed by atoms with Crippen molar-refractivity contribution in [3.05, 3.63) is 41.1 Å². The lowest BCUT2D eigenvalue weighted by molar-refractivity contribution is 0.240. The molecule has 0 atom stereocenters. The van der Waals surface area contributed by atoms with Crippen molar-refractivity contribution < 1.29 is 0 Å². The number of rotatable bonds is 5. The third kappa shape index (κ3) is 2.87. The number of aliphatic imine (C=N–C) groups is 1. The Labute approximate surface area is 122 Å². The van der Waals surface area contributed by atoms with E-state index >= 15 is 0 Å². The van der Waals surface area contributed by atoms with Gasteiger partial charge in [0, 0.05) is 37.1 Å². The van der Waals surface area contributed by atoms with Crippen LogP contribution in [0, 0.1) is 0 Å². The van der Waals surface area contributed by atoms with E-state index in [1.807, 2.05) is 20.2 Å². The molecule has 2 rings (SSSR count). The Bertz CT molecular complexity index is 525. The number of nitrogens with one attached hydrogen (secondary N) is 1. The molecule has 0 unspecified atom stereocenters. The highest BCUT2D eigenvalue weighted by Crippen LogP contribution is 2.48. The van der Waals surface area contributed by atoms with Crippen LogP contribution in [0.4, 0.5) is 5.69 Å². The molecule has 1 fully saturated rings. The quantitative estimate of drug-likeness (QED) is 0.806. The van der Waals surface area contributed by atoms with E-state index in [4.69, 9.17) is 5.73 Å². The predicted octanol–water partition coefficient (Wildman–Crippen LogP) is 3.47. The summed E-state index contributed by atoms with van der Waals surface area (Å²) in [7, 11) is 3.75. The molecule has 1 aromatic carbocycles. The van der Waals surface area contributed by atoms with Crippen LogP contribution in [0.25, 0.3) is 0 Å². The molecule has 1 aromatic rings. The highest BCUT2D eigenvalue weighted by atomic mass is 14.8. The van der Waals surface area contributed by atoms with Gasteiger partial charge < -0.3 is 11.1 Å². The number of nitrogens with two attached hydrogens (primary N) is 1. The zero-order valence-electron chi connectivity index (χ0n) is 12.7. The number of anilines is 1. The lowest BCUT2D eigenvalue weighted by Crippen LogP contribution is -2.36. The van der Waals surface area contributed by atoms with E-state index in [1.54, 1.807) is 7.05 Å². The van der Waals surface area contributed by atoms with Crippen molar-refractivity contribution in [2.24, 2.45) is 10.7 Å². The Balaban J connectivity index is 2.28. The van der Waals surface area contributed by atoms with Crippen LogP contribution in [0.2, 0.25) is 0 Å². The molecule has 3 nitrogen and oxygen atoms in total. The van der Waals surface area contributed by atoms with Crippen LogP contribution in [0.3, 0.4) is 0 Å². The minimum atomic E-state index is 0.222. The lowest BCUT2D eigenvalue weighted by atomic mass is 9.62. The predicted molar refractivity (Wildman–Crippen MR) is 87.4 cm³/mol. The van der Waals surface area contributed by atoms with Gasteiger partial charge in [-0.25, -0.2) is 0 Å². The van der Waals surface area contributed by atoms with Crippen molar-refractivity contribution in [3.63, 3.8) is 0 Å². The van der Waals surface area contributed by atoms with Gasteiger partial charge in [-0.3, -0.25) is 4.99 Å². The number of hydrogen-bond acceptors (Lipinski definition) is 3. The Morgan fingerprint density at radius 3 is 2.75 bits per heavy atom. The van der Waals surface area contributed by atoms with Gasteiger partial charge in [0.05, 0.1) is 0 Å². The van der Waals surface area contributed by atoms with E-state index < -0.39 is 0 Å². The molecule has 0 radical (unpaired) electrons. The molecule has 0 aliphatic heterocycles. The Morgan fingerprint density at radius 1 is 1.45 bits per heavy atom. The number of nitrogens with zero attached hydrogens (tertiary/aromatic N) is 1. The second kappa shape index (κ2) is 6.12. The molecule has 0 amide bonds. The number of hydrogen-bond donors (Lipinski definition) is 2. The van der Waals surface area contributed by atoms with Crippen LogP contribution < -0.4 is 11.1 Å². The van der Waals surface area contributed by atoms with Gasteiger partial charge in [-0.1, -0.05) is 18.6 Å². The van der Waals surface area contributed by atoms with Crippen molar-refractivity contribution in [2.75, 3.05) is 19.4 Å². The first-order valence-corrected chi connectivity index (χ1v) is 7.27. The van der Waals surface area contributed by atoms with Crippen molar-refractivity contribution in [1.82, 2.24) is 0 Å². The van der Waals surface area contributed by atoms with Gasteiger partial charge in [0.15, 0.2) is 0 Å². The topological polar surface area (TPSA) is 50.4 Å². The average molecular weight is 271 g/mol. The van der Waals surface area contributed by atoms with E-state index in [0.717, 1.165) is 17.7 Å². The molecule has 3 heteroatoms. The fourth-order valence-electron chi connectivity index (χ4n) is 2.96. The maximum Gasteiger partial charge on any atom is 0.0340 e. The molecule has 108 valence electrons. The van der Waals surface area contributed by atoms with Gasteiger partial charge in [0.1, 0.15) is 0 Å². The summed E-state index contributed by atoms with van der Waals surface area (Å²) in [4.78, 5) is 4.06. The second-order valence-corrected chi connectivity index (χ2v) is 5.74. The van der Waals surface area contributed by atoms with Crippen LogP contribution >= 0.6 is 0 Å². The molecule has 1 aliphatic rings. The molecular formula is C17H25N3. The third-order valence-electron chi connectivity index (χ3n) is 4.43. The van der Waals surface area contributed by atoms with Gasteiger partial charge in [-0.15, -0.1) is 0 Å². The molecule has 0 saturated heterocycles. The Kier molecular flexibility index (Phi) is 4.48. The normalized spacial score (nSPS) is 18.6. The lowest BCUT2D eigenvalue weighted by Gasteiger charge is -2.43. The maximum absolute atomic E-state index is 6.28. The minimum absolute atomic E-state index is 0.222. The Morgan fingerprint density at radius 2 is 2.20 bits per heavy atom. The summed E-state index contributed by atoms with van der Waals surface area (Å²) in [6.45, 7) is 2.04. The summed E-state index contributed by atoms with van der Waals surface area (Å²) < 4.78 is 0. The third-order valence-corrected chi connectivity index (χ3v) is 4.43. The fraction of sp³-hybridized carbons (Fsp3) is 0.471. The molecule has 1 saturated carbocycles. The molecular weight excluding hydrogens is 246 g/mol. The summed E-state index contributed by atoms with van der Waals surface area (Å²) in [5.41, 5.74) is 11.1. The van der Waals surface area contributed by atoms with Gasteiger partial charge in [0.2, 0.25) is 0 Å². The molecule has 20 heavy (non-hydrogen) atoms. The van der Waals surface area contributed by atoms with Crippen LogP contribution in [0.5, 0.6) is 0 Å². The monoisotopic (exact) mass is 271 g/mol. The van der Waals surface area contributed by atoms with Crippen LogP contribution in [-0.4, -0.2) is 20.3 Å². The minimum Gasteiger partial charge on any atom is -0.402 e. The Hall–Kier alpha value is -1.77. The van der Waals surface area contributed by atoms with E-state index in [0.29, 0.717) is 0 Å². The summed E-state index contributed by atoms with van der Waals surface area (Å²) in [5, 5.41) is 3.22. The van der Waals surface area contributed by atoms with Crippen molar-refractivity contribution in [1.29, 1.82) is 0 Å². The van der Waals surface area contributed by atoms with Crippen molar-refractivity contribution >= 4 is 11.9 Å². The molecule has 0 spiro atoms. The summed E-state index contributed by atoms with van der Waals surface area (Å²) in [5.74, 6) is 0. The van der Waals surface area contributed by atoms with Crippen LogP contribution in [0.1, 0.15) is 38.2 Å². The van der Waals surface area contributed by atoms with E-state index in [9.17, 15) is 0 Å². The van der Waals surface area contributed by atoms with Gasteiger partial charge in [-0.05, 0) is 49.5 Å². The van der Waals surface area contributed by atoms with E-state index in [1.165, 1.54) is 30.5 Å².